The molecule has 3 aromatic carbocycles. The molecule has 0 bridgehead atoms. The lowest BCUT2D eigenvalue weighted by Crippen LogP contribution is -2.32. The summed E-state index contributed by atoms with van der Waals surface area (Å²) in [6.45, 7) is 0.836. The maximum atomic E-state index is 13.4. The standard InChI is InChI=1S/C24H17FN2O4/c25-16-6-8-17(9-7-16)26-22-21(15-4-2-1-3-5-15)23(28)27(24(22)29)18-10-11-19-20(14-18)31-13-12-30-19/h1-11,14,26H,12-13H2. The molecule has 0 unspecified atom stereocenters. The van der Waals surface area contributed by atoms with Crippen LogP contribution in [-0.2, 0) is 9.59 Å². The van der Waals surface area contributed by atoms with Crippen molar-refractivity contribution in [3.63, 3.8) is 0 Å². The number of carbonyl (C=O) groups is 2. The van der Waals surface area contributed by atoms with E-state index in [9.17, 15) is 14.0 Å². The zero-order valence-corrected chi connectivity index (χ0v) is 16.3. The van der Waals surface area contributed by atoms with Gasteiger partial charge in [0.15, 0.2) is 11.5 Å². The number of nitrogens with zero attached hydrogens (tertiary/aromatic N) is 1. The van der Waals surface area contributed by atoms with Crippen LogP contribution in [0.5, 0.6) is 11.5 Å². The highest BCUT2D eigenvalue weighted by atomic mass is 19.1. The third-order valence-corrected chi connectivity index (χ3v) is 5.04. The second kappa shape index (κ2) is 7.60. The van der Waals surface area contributed by atoms with Crippen LogP contribution in [0.1, 0.15) is 5.56 Å². The molecule has 7 heteroatoms. The number of hydrogen-bond acceptors (Lipinski definition) is 5. The van der Waals surface area contributed by atoms with Crippen LogP contribution in [0.25, 0.3) is 5.57 Å². The molecule has 5 rings (SSSR count). The van der Waals surface area contributed by atoms with E-state index >= 15 is 0 Å². The van der Waals surface area contributed by atoms with E-state index in [4.69, 9.17) is 9.47 Å². The molecule has 0 aromatic heterocycles. The molecule has 0 saturated heterocycles. The molecule has 3 aromatic rings. The first kappa shape index (κ1) is 18.9. The average Bonchev–Trinajstić information content (AvgIpc) is 3.04. The second-order valence-corrected chi connectivity index (χ2v) is 7.02. The largest absolute Gasteiger partial charge is 0.486 e. The number of ether oxygens (including phenoxy) is 2. The van der Waals surface area contributed by atoms with Crippen LogP contribution in [0.15, 0.2) is 78.5 Å². The fourth-order valence-corrected chi connectivity index (χ4v) is 3.60. The second-order valence-electron chi connectivity index (χ2n) is 7.02. The third kappa shape index (κ3) is 3.40. The van der Waals surface area contributed by atoms with E-state index < -0.39 is 17.6 Å². The number of carbonyl (C=O) groups excluding carboxylic acids is 2. The zero-order chi connectivity index (χ0) is 21.4. The molecule has 2 heterocycles. The Bertz CT molecular complexity index is 1210. The number of hydrogen-bond donors (Lipinski definition) is 1. The average molecular weight is 416 g/mol. The maximum Gasteiger partial charge on any atom is 0.282 e. The smallest absolute Gasteiger partial charge is 0.282 e. The predicted molar refractivity (Wildman–Crippen MR) is 113 cm³/mol. The Morgan fingerprint density at radius 3 is 2.26 bits per heavy atom. The van der Waals surface area contributed by atoms with E-state index in [1.165, 1.54) is 24.3 Å². The van der Waals surface area contributed by atoms with Crippen LogP contribution in [0.3, 0.4) is 0 Å². The quantitative estimate of drug-likeness (QED) is 0.652. The van der Waals surface area contributed by atoms with Crippen molar-refractivity contribution in [1.82, 2.24) is 0 Å². The lowest BCUT2D eigenvalue weighted by Gasteiger charge is -2.21. The number of anilines is 2. The molecule has 0 atom stereocenters. The van der Waals surface area contributed by atoms with Gasteiger partial charge >= 0.3 is 0 Å². The normalized spacial score (nSPS) is 15.5. The fraction of sp³-hybridized carbons (Fsp3) is 0.0833. The van der Waals surface area contributed by atoms with Crippen molar-refractivity contribution in [2.24, 2.45) is 0 Å². The number of nitrogens with one attached hydrogen (secondary N) is 1. The van der Waals surface area contributed by atoms with Crippen LogP contribution in [0.4, 0.5) is 15.8 Å². The van der Waals surface area contributed by atoms with Gasteiger partial charge in [-0.05, 0) is 42.0 Å². The van der Waals surface area contributed by atoms with E-state index in [0.717, 1.165) is 4.90 Å². The molecule has 1 N–H and O–H groups in total. The molecule has 2 aliphatic rings. The van der Waals surface area contributed by atoms with Crippen molar-refractivity contribution in [3.8, 4) is 11.5 Å². The molecular weight excluding hydrogens is 399 g/mol. The molecule has 0 fully saturated rings. The predicted octanol–water partition coefficient (Wildman–Crippen LogP) is 3.99. The molecule has 0 radical (unpaired) electrons. The van der Waals surface area contributed by atoms with Crippen molar-refractivity contribution in [2.45, 2.75) is 0 Å². The molecule has 0 saturated carbocycles. The van der Waals surface area contributed by atoms with Gasteiger partial charge in [-0.1, -0.05) is 30.3 Å². The maximum absolute atomic E-state index is 13.4. The van der Waals surface area contributed by atoms with Gasteiger partial charge in [0.1, 0.15) is 24.7 Å². The monoisotopic (exact) mass is 416 g/mol. The van der Waals surface area contributed by atoms with Gasteiger partial charge < -0.3 is 14.8 Å². The zero-order valence-electron chi connectivity index (χ0n) is 16.3. The molecule has 2 amide bonds. The van der Waals surface area contributed by atoms with Gasteiger partial charge in [0, 0.05) is 11.8 Å². The van der Waals surface area contributed by atoms with Gasteiger partial charge in [-0.15, -0.1) is 0 Å². The number of rotatable bonds is 4. The summed E-state index contributed by atoms with van der Waals surface area (Å²) in [7, 11) is 0. The Morgan fingerprint density at radius 2 is 1.52 bits per heavy atom. The Balaban J connectivity index is 1.57. The third-order valence-electron chi connectivity index (χ3n) is 5.04. The van der Waals surface area contributed by atoms with Gasteiger partial charge in [-0.25, -0.2) is 9.29 Å². The molecule has 2 aliphatic heterocycles. The Labute approximate surface area is 177 Å². The Kier molecular flexibility index (Phi) is 4.63. The highest BCUT2D eigenvalue weighted by Crippen LogP contribution is 2.38. The van der Waals surface area contributed by atoms with Gasteiger partial charge in [0.05, 0.1) is 11.3 Å². The minimum absolute atomic E-state index is 0.123. The van der Waals surface area contributed by atoms with E-state index in [0.29, 0.717) is 41.7 Å². The minimum atomic E-state index is -0.509. The Hall–Kier alpha value is -4.13. The van der Waals surface area contributed by atoms with E-state index in [-0.39, 0.29) is 11.3 Å². The SMILES string of the molecule is O=C1C(Nc2ccc(F)cc2)=C(c2ccccc2)C(=O)N1c1ccc2c(c1)OCCO2. The van der Waals surface area contributed by atoms with Gasteiger partial charge in [-0.3, -0.25) is 9.59 Å². The summed E-state index contributed by atoms with van der Waals surface area (Å²) in [6.07, 6.45) is 0. The molecule has 6 nitrogen and oxygen atoms in total. The van der Waals surface area contributed by atoms with Crippen LogP contribution in [-0.4, -0.2) is 25.0 Å². The molecular formula is C24H17FN2O4. The first-order chi connectivity index (χ1) is 15.1. The summed E-state index contributed by atoms with van der Waals surface area (Å²) in [5.41, 5.74) is 1.84. The van der Waals surface area contributed by atoms with Crippen molar-refractivity contribution >= 4 is 28.8 Å². The fourth-order valence-electron chi connectivity index (χ4n) is 3.60. The van der Waals surface area contributed by atoms with Crippen LogP contribution >= 0.6 is 0 Å². The topological polar surface area (TPSA) is 67.9 Å². The Morgan fingerprint density at radius 1 is 0.806 bits per heavy atom. The van der Waals surface area contributed by atoms with Gasteiger partial charge in [0.2, 0.25) is 0 Å². The number of fused-ring (bicyclic) bond motifs is 1. The summed E-state index contributed by atoms with van der Waals surface area (Å²) in [5, 5.41) is 3.00. The first-order valence-electron chi connectivity index (χ1n) is 9.72. The van der Waals surface area contributed by atoms with Crippen LogP contribution in [0.2, 0.25) is 0 Å². The van der Waals surface area contributed by atoms with Crippen molar-refractivity contribution in [3.05, 3.63) is 89.9 Å². The number of amides is 2. The van der Waals surface area contributed by atoms with Crippen LogP contribution in [0, 0.1) is 5.82 Å². The first-order valence-corrected chi connectivity index (χ1v) is 9.72. The highest BCUT2D eigenvalue weighted by Gasteiger charge is 2.40. The number of imide groups is 1. The summed E-state index contributed by atoms with van der Waals surface area (Å²) < 4.78 is 24.4. The minimum Gasteiger partial charge on any atom is -0.486 e. The van der Waals surface area contributed by atoms with Crippen LogP contribution < -0.4 is 19.7 Å². The van der Waals surface area contributed by atoms with Gasteiger partial charge in [0.25, 0.3) is 11.8 Å². The lowest BCUT2D eigenvalue weighted by atomic mass is 10.0. The molecule has 31 heavy (non-hydrogen) atoms. The highest BCUT2D eigenvalue weighted by molar-refractivity contribution is 6.46. The summed E-state index contributed by atoms with van der Waals surface area (Å²) in [5.74, 6) is -0.322. The van der Waals surface area contributed by atoms with Crippen molar-refractivity contribution in [2.75, 3.05) is 23.4 Å². The van der Waals surface area contributed by atoms with Gasteiger partial charge in [-0.2, -0.15) is 0 Å². The molecule has 154 valence electrons. The summed E-state index contributed by atoms with van der Waals surface area (Å²) in [6, 6.07) is 19.5. The molecule has 0 spiro atoms. The number of benzene rings is 3. The summed E-state index contributed by atoms with van der Waals surface area (Å²) in [4.78, 5) is 27.9. The van der Waals surface area contributed by atoms with E-state index in [2.05, 4.69) is 5.32 Å². The summed E-state index contributed by atoms with van der Waals surface area (Å²) >= 11 is 0. The van der Waals surface area contributed by atoms with Crippen molar-refractivity contribution < 1.29 is 23.5 Å². The van der Waals surface area contributed by atoms with E-state index in [1.54, 1.807) is 42.5 Å². The number of halogens is 1. The lowest BCUT2D eigenvalue weighted by molar-refractivity contribution is -0.120. The molecule has 0 aliphatic carbocycles. The van der Waals surface area contributed by atoms with Crippen molar-refractivity contribution in [1.29, 1.82) is 0 Å². The van der Waals surface area contributed by atoms with E-state index in [1.807, 2.05) is 6.07 Å².